The fourth-order valence-corrected chi connectivity index (χ4v) is 2.41. The molecule has 0 heterocycles. The minimum atomic E-state index is -0.680. The lowest BCUT2D eigenvalue weighted by Crippen LogP contribution is -2.39. The van der Waals surface area contributed by atoms with Crippen molar-refractivity contribution in [3.05, 3.63) is 11.6 Å². The van der Waals surface area contributed by atoms with Crippen molar-refractivity contribution in [3.8, 4) is 0 Å². The third kappa shape index (κ3) is 3.34. The Morgan fingerprint density at radius 3 is 2.88 bits per heavy atom. The van der Waals surface area contributed by atoms with Gasteiger partial charge in [0, 0.05) is 0 Å². The van der Waals surface area contributed by atoms with Crippen LogP contribution in [0.25, 0.3) is 0 Å². The van der Waals surface area contributed by atoms with E-state index in [9.17, 15) is 4.79 Å². The Morgan fingerprint density at radius 2 is 2.31 bits per heavy atom. The van der Waals surface area contributed by atoms with Crippen LogP contribution in [0.3, 0.4) is 0 Å². The third-order valence-corrected chi connectivity index (χ3v) is 3.55. The SMILES string of the molecule is O=C(O)C(NCCC1=CCCCC1)C1CC1. The first-order valence-corrected chi connectivity index (χ1v) is 6.41. The Balaban J connectivity index is 1.69. The summed E-state index contributed by atoms with van der Waals surface area (Å²) in [6.07, 6.45) is 10.5. The van der Waals surface area contributed by atoms with Gasteiger partial charge in [-0.1, -0.05) is 11.6 Å². The lowest BCUT2D eigenvalue weighted by Gasteiger charge is -2.16. The zero-order valence-electron chi connectivity index (χ0n) is 9.74. The highest BCUT2D eigenvalue weighted by atomic mass is 16.4. The summed E-state index contributed by atoms with van der Waals surface area (Å²) in [7, 11) is 0. The van der Waals surface area contributed by atoms with E-state index in [-0.39, 0.29) is 6.04 Å². The van der Waals surface area contributed by atoms with Gasteiger partial charge in [0.15, 0.2) is 0 Å². The highest BCUT2D eigenvalue weighted by Crippen LogP contribution is 2.32. The molecule has 1 atom stereocenters. The van der Waals surface area contributed by atoms with Gasteiger partial charge in [-0.2, -0.15) is 0 Å². The van der Waals surface area contributed by atoms with Gasteiger partial charge in [-0.25, -0.2) is 0 Å². The van der Waals surface area contributed by atoms with Gasteiger partial charge >= 0.3 is 5.97 Å². The average molecular weight is 223 g/mol. The molecule has 1 saturated carbocycles. The molecule has 0 amide bonds. The van der Waals surface area contributed by atoms with E-state index in [0.29, 0.717) is 5.92 Å². The molecule has 0 aliphatic heterocycles. The molecule has 0 radical (unpaired) electrons. The number of carboxylic acids is 1. The van der Waals surface area contributed by atoms with Crippen molar-refractivity contribution in [2.75, 3.05) is 6.54 Å². The van der Waals surface area contributed by atoms with E-state index in [1.807, 2.05) is 0 Å². The number of carboxylic acid groups (broad SMARTS) is 1. The summed E-state index contributed by atoms with van der Waals surface area (Å²) >= 11 is 0. The van der Waals surface area contributed by atoms with E-state index in [1.165, 1.54) is 31.3 Å². The molecule has 2 rings (SSSR count). The minimum Gasteiger partial charge on any atom is -0.480 e. The fourth-order valence-electron chi connectivity index (χ4n) is 2.41. The van der Waals surface area contributed by atoms with E-state index >= 15 is 0 Å². The standard InChI is InChI=1S/C13H21NO2/c15-13(16)12(11-6-7-11)14-9-8-10-4-2-1-3-5-10/h4,11-12,14H,1-3,5-9H2,(H,15,16). The van der Waals surface area contributed by atoms with Gasteiger partial charge in [0.2, 0.25) is 0 Å². The minimum absolute atomic E-state index is 0.302. The van der Waals surface area contributed by atoms with Crippen LogP contribution in [0.1, 0.15) is 44.9 Å². The topological polar surface area (TPSA) is 49.3 Å². The summed E-state index contributed by atoms with van der Waals surface area (Å²) in [4.78, 5) is 11.0. The lowest BCUT2D eigenvalue weighted by molar-refractivity contribution is -0.140. The highest BCUT2D eigenvalue weighted by molar-refractivity contribution is 5.74. The molecule has 2 N–H and O–H groups in total. The van der Waals surface area contributed by atoms with Crippen LogP contribution in [0, 0.1) is 5.92 Å². The van der Waals surface area contributed by atoms with Crippen LogP contribution in [0.15, 0.2) is 11.6 Å². The largest absolute Gasteiger partial charge is 0.480 e. The maximum Gasteiger partial charge on any atom is 0.320 e. The molecule has 16 heavy (non-hydrogen) atoms. The molecule has 3 heteroatoms. The van der Waals surface area contributed by atoms with Crippen molar-refractivity contribution in [2.45, 2.75) is 51.0 Å². The molecule has 3 nitrogen and oxygen atoms in total. The average Bonchev–Trinajstić information content (AvgIpc) is 3.09. The molecular formula is C13H21NO2. The first kappa shape index (κ1) is 11.6. The lowest BCUT2D eigenvalue weighted by atomic mass is 9.97. The second-order valence-electron chi connectivity index (χ2n) is 4.97. The number of nitrogens with one attached hydrogen (secondary N) is 1. The first-order valence-electron chi connectivity index (χ1n) is 6.41. The van der Waals surface area contributed by atoms with Gasteiger partial charge in [-0.3, -0.25) is 4.79 Å². The molecule has 0 aromatic carbocycles. The van der Waals surface area contributed by atoms with E-state index in [2.05, 4.69) is 11.4 Å². The molecule has 0 saturated heterocycles. The van der Waals surface area contributed by atoms with E-state index in [1.54, 1.807) is 0 Å². The smallest absolute Gasteiger partial charge is 0.320 e. The van der Waals surface area contributed by atoms with E-state index in [0.717, 1.165) is 25.8 Å². The molecule has 1 fully saturated rings. The van der Waals surface area contributed by atoms with Gasteiger partial charge in [0.1, 0.15) is 6.04 Å². The third-order valence-electron chi connectivity index (χ3n) is 3.55. The first-order chi connectivity index (χ1) is 7.77. The Kier molecular flexibility index (Phi) is 3.99. The summed E-state index contributed by atoms with van der Waals surface area (Å²) < 4.78 is 0. The maximum absolute atomic E-state index is 11.0. The highest BCUT2D eigenvalue weighted by Gasteiger charge is 2.35. The van der Waals surface area contributed by atoms with Crippen LogP contribution in [0.5, 0.6) is 0 Å². The second-order valence-corrected chi connectivity index (χ2v) is 4.97. The van der Waals surface area contributed by atoms with Crippen LogP contribution in [0.4, 0.5) is 0 Å². The monoisotopic (exact) mass is 223 g/mol. The summed E-state index contributed by atoms with van der Waals surface area (Å²) in [6.45, 7) is 0.819. The Hall–Kier alpha value is -0.830. The Labute approximate surface area is 96.9 Å². The number of rotatable bonds is 6. The zero-order valence-corrected chi connectivity index (χ0v) is 9.74. The summed E-state index contributed by atoms with van der Waals surface area (Å²) in [5, 5.41) is 12.2. The van der Waals surface area contributed by atoms with Crippen molar-refractivity contribution in [1.82, 2.24) is 5.32 Å². The number of carbonyl (C=O) groups is 1. The molecule has 0 spiro atoms. The van der Waals surface area contributed by atoms with Crippen LogP contribution in [-0.4, -0.2) is 23.7 Å². The summed E-state index contributed by atoms with van der Waals surface area (Å²) in [5.74, 6) is -0.294. The maximum atomic E-state index is 11.0. The van der Waals surface area contributed by atoms with Crippen LogP contribution < -0.4 is 5.32 Å². The quantitative estimate of drug-likeness (QED) is 0.679. The molecule has 0 bridgehead atoms. The number of allylic oxidation sites excluding steroid dienone is 1. The van der Waals surface area contributed by atoms with Gasteiger partial charge in [0.05, 0.1) is 0 Å². The van der Waals surface area contributed by atoms with Crippen molar-refractivity contribution < 1.29 is 9.90 Å². The van der Waals surface area contributed by atoms with Crippen molar-refractivity contribution >= 4 is 5.97 Å². The van der Waals surface area contributed by atoms with Crippen LogP contribution in [0.2, 0.25) is 0 Å². The van der Waals surface area contributed by atoms with Gasteiger partial charge < -0.3 is 10.4 Å². The molecule has 90 valence electrons. The molecule has 0 aromatic heterocycles. The number of hydrogen-bond donors (Lipinski definition) is 2. The van der Waals surface area contributed by atoms with Gasteiger partial charge in [0.25, 0.3) is 0 Å². The predicted molar refractivity (Wildman–Crippen MR) is 63.3 cm³/mol. The summed E-state index contributed by atoms with van der Waals surface area (Å²) in [5.41, 5.74) is 1.51. The number of hydrogen-bond acceptors (Lipinski definition) is 2. The van der Waals surface area contributed by atoms with Crippen molar-refractivity contribution in [1.29, 1.82) is 0 Å². The Morgan fingerprint density at radius 1 is 1.50 bits per heavy atom. The van der Waals surface area contributed by atoms with E-state index < -0.39 is 5.97 Å². The molecule has 0 aromatic rings. The predicted octanol–water partition coefficient (Wildman–Crippen LogP) is 2.33. The fraction of sp³-hybridized carbons (Fsp3) is 0.769. The molecule has 1 unspecified atom stereocenters. The Bertz CT molecular complexity index is 282. The number of aliphatic carboxylic acids is 1. The molecule has 2 aliphatic carbocycles. The zero-order chi connectivity index (χ0) is 11.4. The van der Waals surface area contributed by atoms with Crippen LogP contribution >= 0.6 is 0 Å². The van der Waals surface area contributed by atoms with Crippen molar-refractivity contribution in [2.24, 2.45) is 5.92 Å². The normalized spacial score (nSPS) is 22.6. The second kappa shape index (κ2) is 5.48. The summed E-state index contributed by atoms with van der Waals surface area (Å²) in [6, 6.07) is -0.302. The van der Waals surface area contributed by atoms with Gasteiger partial charge in [-0.15, -0.1) is 0 Å². The van der Waals surface area contributed by atoms with Gasteiger partial charge in [-0.05, 0) is 57.4 Å². The van der Waals surface area contributed by atoms with Crippen LogP contribution in [-0.2, 0) is 4.79 Å². The molecule has 2 aliphatic rings. The van der Waals surface area contributed by atoms with E-state index in [4.69, 9.17) is 5.11 Å². The molecular weight excluding hydrogens is 202 g/mol. The van der Waals surface area contributed by atoms with Crippen molar-refractivity contribution in [3.63, 3.8) is 0 Å².